The molecule has 140 valence electrons. The van der Waals surface area contributed by atoms with Gasteiger partial charge in [-0.2, -0.15) is 0 Å². The summed E-state index contributed by atoms with van der Waals surface area (Å²) >= 11 is 0. The fourth-order valence-electron chi connectivity index (χ4n) is 4.53. The molecule has 0 saturated heterocycles. The van der Waals surface area contributed by atoms with Crippen LogP contribution in [0.2, 0.25) is 0 Å². The summed E-state index contributed by atoms with van der Waals surface area (Å²) in [6.07, 6.45) is 0. The third-order valence-corrected chi connectivity index (χ3v) is 5.73. The van der Waals surface area contributed by atoms with E-state index >= 15 is 0 Å². The molecule has 0 radical (unpaired) electrons. The van der Waals surface area contributed by atoms with Crippen molar-refractivity contribution in [1.29, 1.82) is 0 Å². The van der Waals surface area contributed by atoms with Crippen molar-refractivity contribution < 1.29 is 24.5 Å². The van der Waals surface area contributed by atoms with Gasteiger partial charge in [0.05, 0.1) is 0 Å². The average Bonchev–Trinajstić information content (AvgIpc) is 3.29. The highest BCUT2D eigenvalue weighted by Gasteiger charge is 2.56. The Morgan fingerprint density at radius 3 is 2.43 bits per heavy atom. The van der Waals surface area contributed by atoms with Crippen LogP contribution < -0.4 is 9.47 Å². The first-order valence-corrected chi connectivity index (χ1v) is 9.10. The Labute approximate surface area is 161 Å². The van der Waals surface area contributed by atoms with Crippen molar-refractivity contribution in [3.05, 3.63) is 95.1 Å². The van der Waals surface area contributed by atoms with Gasteiger partial charge in [-0.1, -0.05) is 60.7 Å². The Bertz CT molecular complexity index is 1060. The Hall–Kier alpha value is -3.31. The molecule has 3 aromatic carbocycles. The molecule has 3 aromatic rings. The van der Waals surface area contributed by atoms with Gasteiger partial charge in [0, 0.05) is 5.92 Å². The van der Waals surface area contributed by atoms with E-state index in [-0.39, 0.29) is 6.79 Å². The molecule has 28 heavy (non-hydrogen) atoms. The molecular weight excluding hydrogens is 356 g/mol. The zero-order valence-corrected chi connectivity index (χ0v) is 14.9. The predicted octanol–water partition coefficient (Wildman–Crippen LogP) is 3.50. The number of rotatable bonds is 3. The van der Waals surface area contributed by atoms with Gasteiger partial charge >= 0.3 is 5.97 Å². The number of aliphatic carboxylic acids is 1. The van der Waals surface area contributed by atoms with Crippen molar-refractivity contribution in [3.8, 4) is 11.5 Å². The molecule has 3 unspecified atom stereocenters. The Balaban J connectivity index is 1.76. The second-order valence-corrected chi connectivity index (χ2v) is 7.13. The maximum Gasteiger partial charge on any atom is 0.311 e. The van der Waals surface area contributed by atoms with Gasteiger partial charge in [0.2, 0.25) is 6.79 Å². The summed E-state index contributed by atoms with van der Waals surface area (Å²) in [5, 5.41) is 22.1. The van der Waals surface area contributed by atoms with Crippen LogP contribution in [0.4, 0.5) is 0 Å². The van der Waals surface area contributed by atoms with E-state index in [1.54, 1.807) is 24.3 Å². The lowest BCUT2D eigenvalue weighted by Gasteiger charge is -2.31. The largest absolute Gasteiger partial charge is 0.481 e. The fourth-order valence-corrected chi connectivity index (χ4v) is 4.53. The molecule has 5 rings (SSSR count). The minimum absolute atomic E-state index is 0.114. The molecule has 1 aliphatic heterocycles. The lowest BCUT2D eigenvalue weighted by atomic mass is 9.76. The van der Waals surface area contributed by atoms with Crippen molar-refractivity contribution in [2.45, 2.75) is 11.5 Å². The fraction of sp³-hybridized carbons (Fsp3) is 0.174. The van der Waals surface area contributed by atoms with Gasteiger partial charge in [-0.25, -0.2) is 0 Å². The number of hydrogen-bond donors (Lipinski definition) is 2. The van der Waals surface area contributed by atoms with E-state index in [1.165, 1.54) is 0 Å². The standard InChI is InChI=1S/C23H18O5/c24-22(25)21-20(14-6-2-1-3-7-14)16-8-4-5-9-17(16)23(21,26)15-10-11-18-19(12-15)28-13-27-18/h1-12,20-21,26H,13H2,(H,24,25). The first-order valence-electron chi connectivity index (χ1n) is 9.10. The third-order valence-electron chi connectivity index (χ3n) is 5.73. The van der Waals surface area contributed by atoms with Gasteiger partial charge in [0.25, 0.3) is 0 Å². The van der Waals surface area contributed by atoms with Crippen molar-refractivity contribution in [2.75, 3.05) is 6.79 Å². The van der Waals surface area contributed by atoms with E-state index in [4.69, 9.17) is 9.47 Å². The molecule has 1 aliphatic carbocycles. The van der Waals surface area contributed by atoms with E-state index in [0.29, 0.717) is 22.6 Å². The van der Waals surface area contributed by atoms with Crippen LogP contribution in [0.1, 0.15) is 28.2 Å². The molecule has 0 bridgehead atoms. The molecule has 0 saturated carbocycles. The van der Waals surface area contributed by atoms with Gasteiger partial charge < -0.3 is 19.7 Å². The zero-order chi connectivity index (χ0) is 19.3. The van der Waals surface area contributed by atoms with Crippen molar-refractivity contribution in [3.63, 3.8) is 0 Å². The van der Waals surface area contributed by atoms with E-state index < -0.39 is 23.4 Å². The van der Waals surface area contributed by atoms with Crippen LogP contribution >= 0.6 is 0 Å². The molecule has 2 N–H and O–H groups in total. The maximum atomic E-state index is 12.5. The van der Waals surface area contributed by atoms with Gasteiger partial charge in [-0.05, 0) is 34.4 Å². The third kappa shape index (κ3) is 2.26. The summed E-state index contributed by atoms with van der Waals surface area (Å²) in [6, 6.07) is 22.0. The molecule has 0 spiro atoms. The minimum Gasteiger partial charge on any atom is -0.481 e. The van der Waals surface area contributed by atoms with Crippen LogP contribution in [0.3, 0.4) is 0 Å². The van der Waals surface area contributed by atoms with Crippen LogP contribution in [0, 0.1) is 5.92 Å². The van der Waals surface area contributed by atoms with Crippen LogP contribution in [-0.4, -0.2) is 23.0 Å². The van der Waals surface area contributed by atoms with Crippen LogP contribution in [0.5, 0.6) is 11.5 Å². The normalized spacial score (nSPS) is 24.8. The lowest BCUT2D eigenvalue weighted by Crippen LogP contribution is -2.39. The van der Waals surface area contributed by atoms with Gasteiger partial charge in [0.1, 0.15) is 11.5 Å². The van der Waals surface area contributed by atoms with Gasteiger partial charge in [-0.3, -0.25) is 4.79 Å². The monoisotopic (exact) mass is 374 g/mol. The molecule has 2 aliphatic rings. The highest BCUT2D eigenvalue weighted by molar-refractivity contribution is 5.79. The zero-order valence-electron chi connectivity index (χ0n) is 14.9. The van der Waals surface area contributed by atoms with E-state index in [0.717, 1.165) is 11.1 Å². The van der Waals surface area contributed by atoms with Gasteiger partial charge in [-0.15, -0.1) is 0 Å². The van der Waals surface area contributed by atoms with Crippen molar-refractivity contribution >= 4 is 5.97 Å². The second-order valence-electron chi connectivity index (χ2n) is 7.13. The Morgan fingerprint density at radius 2 is 1.64 bits per heavy atom. The average molecular weight is 374 g/mol. The molecule has 5 nitrogen and oxygen atoms in total. The summed E-state index contributed by atoms with van der Waals surface area (Å²) < 4.78 is 10.8. The van der Waals surface area contributed by atoms with Crippen molar-refractivity contribution in [2.24, 2.45) is 5.92 Å². The molecule has 1 heterocycles. The summed E-state index contributed by atoms with van der Waals surface area (Å²) in [6.45, 7) is 0.114. The summed E-state index contributed by atoms with van der Waals surface area (Å²) in [4.78, 5) is 12.5. The molecule has 0 fully saturated rings. The topological polar surface area (TPSA) is 76.0 Å². The number of benzene rings is 3. The summed E-state index contributed by atoms with van der Waals surface area (Å²) in [5.74, 6) is -1.50. The SMILES string of the molecule is O=C(O)C1C(c2ccccc2)c2ccccc2C1(O)c1ccc2c(c1)OCO2. The quantitative estimate of drug-likeness (QED) is 0.734. The number of hydrogen-bond acceptors (Lipinski definition) is 4. The predicted molar refractivity (Wildman–Crippen MR) is 101 cm³/mol. The number of carboxylic acid groups (broad SMARTS) is 1. The molecule has 5 heteroatoms. The number of fused-ring (bicyclic) bond motifs is 2. The number of ether oxygens (including phenoxy) is 2. The van der Waals surface area contributed by atoms with Crippen LogP contribution in [0.15, 0.2) is 72.8 Å². The molecular formula is C23H18O5. The van der Waals surface area contributed by atoms with E-state index in [9.17, 15) is 15.0 Å². The summed E-state index contributed by atoms with van der Waals surface area (Å²) in [5.41, 5.74) is 1.08. The molecule has 0 aromatic heterocycles. The molecule has 3 atom stereocenters. The Kier molecular flexibility index (Phi) is 3.67. The highest BCUT2D eigenvalue weighted by Crippen LogP contribution is 2.55. The van der Waals surface area contributed by atoms with Crippen LogP contribution in [-0.2, 0) is 10.4 Å². The summed E-state index contributed by atoms with van der Waals surface area (Å²) in [7, 11) is 0. The maximum absolute atomic E-state index is 12.5. The smallest absolute Gasteiger partial charge is 0.311 e. The number of carboxylic acids is 1. The van der Waals surface area contributed by atoms with E-state index in [1.807, 2.05) is 48.5 Å². The first-order chi connectivity index (χ1) is 13.6. The van der Waals surface area contributed by atoms with Gasteiger partial charge in [0.15, 0.2) is 11.5 Å². The highest BCUT2D eigenvalue weighted by atomic mass is 16.7. The van der Waals surface area contributed by atoms with Crippen LogP contribution in [0.25, 0.3) is 0 Å². The Morgan fingerprint density at radius 1 is 0.929 bits per heavy atom. The van der Waals surface area contributed by atoms with E-state index in [2.05, 4.69) is 0 Å². The first kappa shape index (κ1) is 16.8. The van der Waals surface area contributed by atoms with Crippen molar-refractivity contribution in [1.82, 2.24) is 0 Å². The minimum atomic E-state index is -1.69. The number of carbonyl (C=O) groups is 1. The second kappa shape index (κ2) is 6.11. The lowest BCUT2D eigenvalue weighted by molar-refractivity contribution is -0.149. The number of aliphatic hydroxyl groups is 1. The molecule has 0 amide bonds.